The highest BCUT2D eigenvalue weighted by molar-refractivity contribution is 5.94. The number of fused-ring (bicyclic) bond motifs is 1. The molecule has 1 aliphatic carbocycles. The number of para-hydroxylation sites is 1. The van der Waals surface area contributed by atoms with Gasteiger partial charge in [-0.3, -0.25) is 4.79 Å². The number of aromatic nitrogens is 4. The number of hydrogen-bond acceptors (Lipinski definition) is 6. The fraction of sp³-hybridized carbons (Fsp3) is 0.333. The van der Waals surface area contributed by atoms with E-state index in [0.29, 0.717) is 11.4 Å². The molecule has 180 valence electrons. The van der Waals surface area contributed by atoms with Gasteiger partial charge in [0.15, 0.2) is 5.65 Å². The number of carbonyl (C=O) groups excluding carboxylic acids is 1. The van der Waals surface area contributed by atoms with Crippen LogP contribution in [0.3, 0.4) is 0 Å². The minimum atomic E-state index is -0.0406. The zero-order valence-electron chi connectivity index (χ0n) is 20.3. The number of nitrogens with zero attached hydrogens (tertiary/aromatic N) is 4. The number of nitrogens with one attached hydrogen (secondary N) is 2. The second-order valence-electron chi connectivity index (χ2n) is 9.05. The maximum Gasteiger partial charge on any atom is 0.251 e. The van der Waals surface area contributed by atoms with E-state index in [-0.39, 0.29) is 18.0 Å². The molecule has 1 saturated carbocycles. The van der Waals surface area contributed by atoms with Gasteiger partial charge in [-0.05, 0) is 75.9 Å². The Kier molecular flexibility index (Phi) is 6.35. The highest BCUT2D eigenvalue weighted by atomic mass is 16.5. The van der Waals surface area contributed by atoms with Gasteiger partial charge >= 0.3 is 0 Å². The third-order valence-electron chi connectivity index (χ3n) is 6.57. The molecule has 0 radical (unpaired) electrons. The van der Waals surface area contributed by atoms with E-state index in [9.17, 15) is 4.79 Å². The standard InChI is InChI=1S/C27H30N6O2/c1-17-24-25(28-18(2)29-26(24)33(32-17)22-7-5-4-6-8-22)30-20-11-13-21(14-12-20)31-27(34)19-9-15-23(35-3)16-10-19/h4-10,15-16,20-21H,11-14H2,1-3H3,(H,31,34)(H,28,29,30). The molecule has 2 aromatic heterocycles. The van der Waals surface area contributed by atoms with E-state index in [1.54, 1.807) is 19.2 Å². The first-order chi connectivity index (χ1) is 17.0. The number of hydrogen-bond donors (Lipinski definition) is 2. The summed E-state index contributed by atoms with van der Waals surface area (Å²) < 4.78 is 7.06. The van der Waals surface area contributed by atoms with Crippen molar-refractivity contribution in [3.8, 4) is 11.4 Å². The lowest BCUT2D eigenvalue weighted by Gasteiger charge is -2.30. The first kappa shape index (κ1) is 22.8. The van der Waals surface area contributed by atoms with E-state index in [2.05, 4.69) is 10.6 Å². The molecule has 0 bridgehead atoms. The minimum Gasteiger partial charge on any atom is -0.497 e. The first-order valence-corrected chi connectivity index (χ1v) is 12.0. The molecule has 2 aromatic carbocycles. The topological polar surface area (TPSA) is 94.0 Å². The Morgan fingerprint density at radius 1 is 0.943 bits per heavy atom. The zero-order chi connectivity index (χ0) is 24.4. The average Bonchev–Trinajstić information content (AvgIpc) is 3.21. The molecule has 35 heavy (non-hydrogen) atoms. The Labute approximate surface area is 204 Å². The number of amides is 1. The van der Waals surface area contributed by atoms with Crippen molar-refractivity contribution in [1.82, 2.24) is 25.1 Å². The second kappa shape index (κ2) is 9.74. The molecular formula is C27H30N6O2. The van der Waals surface area contributed by atoms with Crippen molar-refractivity contribution in [2.45, 2.75) is 51.6 Å². The predicted octanol–water partition coefficient (Wildman–Crippen LogP) is 4.59. The average molecular weight is 471 g/mol. The van der Waals surface area contributed by atoms with Gasteiger partial charge in [0.1, 0.15) is 17.4 Å². The van der Waals surface area contributed by atoms with Crippen LogP contribution in [0.2, 0.25) is 0 Å². The third kappa shape index (κ3) is 4.82. The van der Waals surface area contributed by atoms with Gasteiger partial charge in [-0.1, -0.05) is 18.2 Å². The Bertz CT molecular complexity index is 1330. The quantitative estimate of drug-likeness (QED) is 0.428. The van der Waals surface area contributed by atoms with Crippen molar-refractivity contribution in [2.75, 3.05) is 12.4 Å². The fourth-order valence-corrected chi connectivity index (χ4v) is 4.73. The van der Waals surface area contributed by atoms with Crippen LogP contribution in [0.5, 0.6) is 5.75 Å². The van der Waals surface area contributed by atoms with Crippen LogP contribution in [0.1, 0.15) is 47.6 Å². The molecule has 1 aliphatic rings. The first-order valence-electron chi connectivity index (χ1n) is 12.0. The minimum absolute atomic E-state index is 0.0406. The molecule has 0 spiro atoms. The van der Waals surface area contributed by atoms with Crippen LogP contribution in [0, 0.1) is 13.8 Å². The van der Waals surface area contributed by atoms with E-state index in [4.69, 9.17) is 19.8 Å². The van der Waals surface area contributed by atoms with Gasteiger partial charge in [-0.15, -0.1) is 0 Å². The molecule has 2 heterocycles. The van der Waals surface area contributed by atoms with E-state index in [1.807, 2.05) is 61.0 Å². The number of carbonyl (C=O) groups is 1. The van der Waals surface area contributed by atoms with Crippen molar-refractivity contribution >= 4 is 22.8 Å². The van der Waals surface area contributed by atoms with E-state index in [1.165, 1.54) is 0 Å². The number of aryl methyl sites for hydroxylation is 2. The van der Waals surface area contributed by atoms with Crippen LogP contribution >= 0.6 is 0 Å². The molecule has 4 aromatic rings. The molecule has 2 N–H and O–H groups in total. The molecule has 0 unspecified atom stereocenters. The smallest absolute Gasteiger partial charge is 0.251 e. The van der Waals surface area contributed by atoms with E-state index in [0.717, 1.165) is 59.7 Å². The summed E-state index contributed by atoms with van der Waals surface area (Å²) in [5.74, 6) is 2.24. The molecule has 1 fully saturated rings. The summed E-state index contributed by atoms with van der Waals surface area (Å²) in [7, 11) is 1.62. The van der Waals surface area contributed by atoms with Crippen LogP contribution in [-0.2, 0) is 0 Å². The van der Waals surface area contributed by atoms with Gasteiger partial charge in [-0.2, -0.15) is 5.10 Å². The molecule has 5 rings (SSSR count). The highest BCUT2D eigenvalue weighted by Gasteiger charge is 2.25. The summed E-state index contributed by atoms with van der Waals surface area (Å²) in [6.07, 6.45) is 3.72. The van der Waals surface area contributed by atoms with Crippen LogP contribution < -0.4 is 15.4 Å². The van der Waals surface area contributed by atoms with Crippen LogP contribution in [-0.4, -0.2) is 44.8 Å². The summed E-state index contributed by atoms with van der Waals surface area (Å²) >= 11 is 0. The molecule has 1 amide bonds. The summed E-state index contributed by atoms with van der Waals surface area (Å²) in [6, 6.07) is 17.7. The zero-order valence-corrected chi connectivity index (χ0v) is 20.3. The highest BCUT2D eigenvalue weighted by Crippen LogP contribution is 2.29. The van der Waals surface area contributed by atoms with Crippen LogP contribution in [0.4, 0.5) is 5.82 Å². The van der Waals surface area contributed by atoms with Crippen LogP contribution in [0.25, 0.3) is 16.7 Å². The van der Waals surface area contributed by atoms with Gasteiger partial charge in [0.2, 0.25) is 0 Å². The summed E-state index contributed by atoms with van der Waals surface area (Å²) in [6.45, 7) is 3.91. The lowest BCUT2D eigenvalue weighted by atomic mass is 9.91. The van der Waals surface area contributed by atoms with Crippen LogP contribution in [0.15, 0.2) is 54.6 Å². The Balaban J connectivity index is 1.27. The molecule has 8 nitrogen and oxygen atoms in total. The fourth-order valence-electron chi connectivity index (χ4n) is 4.73. The van der Waals surface area contributed by atoms with E-state index < -0.39 is 0 Å². The lowest BCUT2D eigenvalue weighted by molar-refractivity contribution is 0.0926. The maximum atomic E-state index is 12.6. The number of methoxy groups -OCH3 is 1. The Morgan fingerprint density at radius 3 is 2.31 bits per heavy atom. The molecular weight excluding hydrogens is 440 g/mol. The number of anilines is 1. The maximum absolute atomic E-state index is 12.6. The molecule has 8 heteroatoms. The second-order valence-corrected chi connectivity index (χ2v) is 9.05. The SMILES string of the molecule is COc1ccc(C(=O)NC2CCC(Nc3nc(C)nc4c3c(C)nn4-c3ccccc3)CC2)cc1. The third-order valence-corrected chi connectivity index (χ3v) is 6.57. The summed E-state index contributed by atoms with van der Waals surface area (Å²) in [4.78, 5) is 22.1. The number of ether oxygens (including phenoxy) is 1. The summed E-state index contributed by atoms with van der Waals surface area (Å²) in [5, 5.41) is 12.5. The Morgan fingerprint density at radius 2 is 1.63 bits per heavy atom. The number of rotatable bonds is 6. The molecule has 0 atom stereocenters. The van der Waals surface area contributed by atoms with Gasteiger partial charge in [-0.25, -0.2) is 14.6 Å². The number of benzene rings is 2. The van der Waals surface area contributed by atoms with Crippen molar-refractivity contribution in [1.29, 1.82) is 0 Å². The molecule has 0 aliphatic heterocycles. The van der Waals surface area contributed by atoms with Gasteiger partial charge in [0.05, 0.1) is 23.9 Å². The van der Waals surface area contributed by atoms with Crippen molar-refractivity contribution in [2.24, 2.45) is 0 Å². The Hall–Kier alpha value is -3.94. The normalized spacial score (nSPS) is 17.8. The van der Waals surface area contributed by atoms with Gasteiger partial charge < -0.3 is 15.4 Å². The van der Waals surface area contributed by atoms with Gasteiger partial charge in [0, 0.05) is 17.6 Å². The monoisotopic (exact) mass is 470 g/mol. The molecule has 0 saturated heterocycles. The largest absolute Gasteiger partial charge is 0.497 e. The summed E-state index contributed by atoms with van der Waals surface area (Å²) in [5.41, 5.74) is 3.33. The van der Waals surface area contributed by atoms with Crippen molar-refractivity contribution in [3.05, 3.63) is 71.7 Å². The predicted molar refractivity (Wildman–Crippen MR) is 136 cm³/mol. The van der Waals surface area contributed by atoms with E-state index >= 15 is 0 Å². The van der Waals surface area contributed by atoms with Crippen molar-refractivity contribution in [3.63, 3.8) is 0 Å². The van der Waals surface area contributed by atoms with Crippen molar-refractivity contribution < 1.29 is 9.53 Å². The lowest BCUT2D eigenvalue weighted by Crippen LogP contribution is -2.40. The van der Waals surface area contributed by atoms with Gasteiger partial charge in [0.25, 0.3) is 5.91 Å².